The van der Waals surface area contributed by atoms with Crippen molar-refractivity contribution in [2.45, 2.75) is 6.92 Å². The lowest BCUT2D eigenvalue weighted by atomic mass is 10.3. The van der Waals surface area contributed by atoms with Crippen molar-refractivity contribution >= 4 is 11.8 Å². The minimum atomic E-state index is -0.413. The number of hydrogen-bond acceptors (Lipinski definition) is 2. The summed E-state index contributed by atoms with van der Waals surface area (Å²) in [5.41, 5.74) is 0.746. The highest BCUT2D eigenvalue weighted by molar-refractivity contribution is 5.84. The molecule has 1 aromatic carbocycles. The van der Waals surface area contributed by atoms with E-state index in [0.29, 0.717) is 6.61 Å². The van der Waals surface area contributed by atoms with E-state index in [4.69, 9.17) is 4.74 Å². The number of ether oxygens (including phenoxy) is 1. The fraction of sp³-hybridized carbons (Fsp3) is 0.222. The third-order valence-corrected chi connectivity index (χ3v) is 1.30. The van der Waals surface area contributed by atoms with Crippen LogP contribution in [-0.2, 0) is 4.74 Å². The van der Waals surface area contributed by atoms with Crippen molar-refractivity contribution in [2.75, 3.05) is 11.9 Å². The molecule has 0 aromatic heterocycles. The first kappa shape index (κ1) is 8.59. The van der Waals surface area contributed by atoms with Crippen LogP contribution in [0, 0.1) is 0 Å². The molecule has 1 aromatic rings. The van der Waals surface area contributed by atoms with Crippen LogP contribution < -0.4 is 5.32 Å². The van der Waals surface area contributed by atoms with Gasteiger partial charge in [0.25, 0.3) is 0 Å². The molecule has 0 aliphatic carbocycles. The van der Waals surface area contributed by atoms with Gasteiger partial charge in [-0.2, -0.15) is 0 Å². The lowest BCUT2D eigenvalue weighted by Crippen LogP contribution is -2.12. The predicted octanol–water partition coefficient (Wildman–Crippen LogP) is 2.25. The number of rotatable bonds is 2. The van der Waals surface area contributed by atoms with E-state index in [1.54, 1.807) is 19.1 Å². The Labute approximate surface area is 71.4 Å². The van der Waals surface area contributed by atoms with Crippen LogP contribution in [0.25, 0.3) is 0 Å². The van der Waals surface area contributed by atoms with E-state index in [-0.39, 0.29) is 0 Å². The third-order valence-electron chi connectivity index (χ3n) is 1.30. The smallest absolute Gasteiger partial charge is 0.411 e. The minimum absolute atomic E-state index is 0.388. The molecule has 0 fully saturated rings. The Morgan fingerprint density at radius 1 is 1.42 bits per heavy atom. The highest BCUT2D eigenvalue weighted by atomic mass is 16.5. The second kappa shape index (κ2) is 4.38. The number of carbonyl (C=O) groups is 1. The van der Waals surface area contributed by atoms with Crippen LogP contribution in [0.2, 0.25) is 0 Å². The quantitative estimate of drug-likeness (QED) is 0.729. The Hall–Kier alpha value is -1.51. The van der Waals surface area contributed by atoms with E-state index in [2.05, 4.69) is 5.32 Å². The van der Waals surface area contributed by atoms with Gasteiger partial charge in [-0.3, -0.25) is 5.32 Å². The van der Waals surface area contributed by atoms with Crippen LogP contribution in [0.5, 0.6) is 0 Å². The number of carbonyl (C=O) groups excluding carboxylic acids is 1. The van der Waals surface area contributed by atoms with E-state index >= 15 is 0 Å². The van der Waals surface area contributed by atoms with Crippen molar-refractivity contribution in [3.05, 3.63) is 30.3 Å². The highest BCUT2D eigenvalue weighted by Gasteiger charge is 1.98. The number of amides is 1. The molecule has 0 bridgehead atoms. The van der Waals surface area contributed by atoms with Gasteiger partial charge < -0.3 is 4.74 Å². The molecule has 0 spiro atoms. The van der Waals surface area contributed by atoms with Gasteiger partial charge in [0, 0.05) is 5.69 Å². The standard InChI is InChI=1S/C9H11NO2/c1-2-12-9(11)10-8-6-4-3-5-7-8/h3-7H,2H2,1H3,(H,10,11). The Bertz CT molecular complexity index is 246. The molecule has 0 saturated heterocycles. The summed E-state index contributed by atoms with van der Waals surface area (Å²) in [6.07, 6.45) is -0.413. The molecule has 0 heterocycles. The zero-order valence-corrected chi connectivity index (χ0v) is 6.91. The van der Waals surface area contributed by atoms with Crippen LogP contribution in [0.15, 0.2) is 30.3 Å². The van der Waals surface area contributed by atoms with Gasteiger partial charge in [0.15, 0.2) is 0 Å². The third kappa shape index (κ3) is 2.62. The summed E-state index contributed by atoms with van der Waals surface area (Å²) in [6.45, 7) is 2.16. The maximum absolute atomic E-state index is 10.9. The molecule has 0 atom stereocenters. The van der Waals surface area contributed by atoms with Gasteiger partial charge in [-0.1, -0.05) is 18.2 Å². The van der Waals surface area contributed by atoms with Gasteiger partial charge in [-0.15, -0.1) is 0 Å². The van der Waals surface area contributed by atoms with E-state index in [1.165, 1.54) is 0 Å². The summed E-state index contributed by atoms with van der Waals surface area (Å²) in [6, 6.07) is 9.19. The Morgan fingerprint density at radius 3 is 2.67 bits per heavy atom. The molecule has 64 valence electrons. The molecular weight excluding hydrogens is 154 g/mol. The van der Waals surface area contributed by atoms with E-state index in [9.17, 15) is 4.79 Å². The first-order chi connectivity index (χ1) is 5.83. The van der Waals surface area contributed by atoms with Crippen molar-refractivity contribution in [3.63, 3.8) is 0 Å². The first-order valence-electron chi connectivity index (χ1n) is 3.81. The van der Waals surface area contributed by atoms with Gasteiger partial charge >= 0.3 is 6.09 Å². The number of anilines is 1. The zero-order valence-electron chi connectivity index (χ0n) is 6.91. The Balaban J connectivity index is 2.47. The highest BCUT2D eigenvalue weighted by Crippen LogP contribution is 2.04. The summed E-state index contributed by atoms with van der Waals surface area (Å²) in [5.74, 6) is 0. The first-order valence-corrected chi connectivity index (χ1v) is 3.81. The summed E-state index contributed by atoms with van der Waals surface area (Å²) in [4.78, 5) is 10.9. The lowest BCUT2D eigenvalue weighted by molar-refractivity contribution is 0.168. The van der Waals surface area contributed by atoms with Crippen molar-refractivity contribution in [2.24, 2.45) is 0 Å². The molecule has 1 N–H and O–H groups in total. The SMILES string of the molecule is CCOC(=O)Nc1ccccc1. The van der Waals surface area contributed by atoms with Gasteiger partial charge in [0.2, 0.25) is 0 Å². The summed E-state index contributed by atoms with van der Waals surface area (Å²) in [5, 5.41) is 2.58. The summed E-state index contributed by atoms with van der Waals surface area (Å²) >= 11 is 0. The minimum Gasteiger partial charge on any atom is -0.450 e. The van der Waals surface area contributed by atoms with E-state index in [0.717, 1.165) is 5.69 Å². The molecule has 12 heavy (non-hydrogen) atoms. The molecular formula is C9H11NO2. The molecule has 0 aliphatic heterocycles. The number of benzene rings is 1. The van der Waals surface area contributed by atoms with Crippen molar-refractivity contribution in [1.82, 2.24) is 0 Å². The maximum atomic E-state index is 10.9. The van der Waals surface area contributed by atoms with Crippen LogP contribution in [0.3, 0.4) is 0 Å². The normalized spacial score (nSPS) is 9.08. The van der Waals surface area contributed by atoms with Crippen molar-refractivity contribution in [1.29, 1.82) is 0 Å². The summed E-state index contributed by atoms with van der Waals surface area (Å²) < 4.78 is 4.70. The van der Waals surface area contributed by atoms with Crippen LogP contribution in [0.4, 0.5) is 10.5 Å². The molecule has 0 aliphatic rings. The second-order valence-corrected chi connectivity index (χ2v) is 2.21. The maximum Gasteiger partial charge on any atom is 0.411 e. The fourth-order valence-corrected chi connectivity index (χ4v) is 0.807. The zero-order chi connectivity index (χ0) is 8.81. The number of nitrogens with one attached hydrogen (secondary N) is 1. The van der Waals surface area contributed by atoms with Gasteiger partial charge in [-0.05, 0) is 19.1 Å². The number of hydrogen-bond donors (Lipinski definition) is 1. The van der Waals surface area contributed by atoms with Crippen LogP contribution in [0.1, 0.15) is 6.92 Å². The molecule has 0 unspecified atom stereocenters. The molecule has 1 amide bonds. The largest absolute Gasteiger partial charge is 0.450 e. The molecule has 0 saturated carbocycles. The van der Waals surface area contributed by atoms with Crippen molar-refractivity contribution < 1.29 is 9.53 Å². The van der Waals surface area contributed by atoms with Gasteiger partial charge in [0.05, 0.1) is 6.61 Å². The topological polar surface area (TPSA) is 38.3 Å². The Morgan fingerprint density at radius 2 is 2.08 bits per heavy atom. The van der Waals surface area contributed by atoms with Gasteiger partial charge in [-0.25, -0.2) is 4.79 Å². The monoisotopic (exact) mass is 165 g/mol. The van der Waals surface area contributed by atoms with Crippen molar-refractivity contribution in [3.8, 4) is 0 Å². The lowest BCUT2D eigenvalue weighted by Gasteiger charge is -2.03. The van der Waals surface area contributed by atoms with E-state index < -0.39 is 6.09 Å². The average Bonchev–Trinajstić information content (AvgIpc) is 2.06. The van der Waals surface area contributed by atoms with Crippen LogP contribution >= 0.6 is 0 Å². The summed E-state index contributed by atoms with van der Waals surface area (Å²) in [7, 11) is 0. The second-order valence-electron chi connectivity index (χ2n) is 2.21. The van der Waals surface area contributed by atoms with Gasteiger partial charge in [0.1, 0.15) is 0 Å². The fourth-order valence-electron chi connectivity index (χ4n) is 0.807. The predicted molar refractivity (Wildman–Crippen MR) is 47.1 cm³/mol. The average molecular weight is 165 g/mol. The number of para-hydroxylation sites is 1. The molecule has 1 rings (SSSR count). The van der Waals surface area contributed by atoms with E-state index in [1.807, 2.05) is 18.2 Å². The molecule has 0 radical (unpaired) electrons. The molecule has 3 heteroatoms. The Kier molecular flexibility index (Phi) is 3.14. The molecule has 3 nitrogen and oxygen atoms in total. The van der Waals surface area contributed by atoms with Crippen LogP contribution in [-0.4, -0.2) is 12.7 Å².